The number of aromatic nitrogens is 3. The maximum Gasteiger partial charge on any atom is 0.269 e. The van der Waals surface area contributed by atoms with Gasteiger partial charge in [0.25, 0.3) is 11.6 Å². The summed E-state index contributed by atoms with van der Waals surface area (Å²) in [5.41, 5.74) is 6.08. The molecule has 0 fully saturated rings. The quantitative estimate of drug-likeness (QED) is 0.244. The van der Waals surface area contributed by atoms with E-state index in [9.17, 15) is 14.9 Å². The van der Waals surface area contributed by atoms with Crippen LogP contribution in [0.1, 0.15) is 15.9 Å². The molecule has 0 saturated heterocycles. The van der Waals surface area contributed by atoms with Crippen LogP contribution in [0, 0.1) is 17.0 Å². The molecule has 2 aromatic heterocycles. The lowest BCUT2D eigenvalue weighted by Crippen LogP contribution is -2.11. The molecule has 0 spiro atoms. The van der Waals surface area contributed by atoms with Crippen molar-refractivity contribution in [1.29, 1.82) is 0 Å². The molecule has 36 heavy (non-hydrogen) atoms. The fraction of sp³-hybridized carbons (Fsp3) is 0.0357. The van der Waals surface area contributed by atoms with E-state index in [1.165, 1.54) is 29.8 Å². The highest BCUT2D eigenvalue weighted by molar-refractivity contribution is 6.06. The normalized spacial score (nSPS) is 11.2. The van der Waals surface area contributed by atoms with E-state index < -0.39 is 4.92 Å². The van der Waals surface area contributed by atoms with Gasteiger partial charge in [-0.2, -0.15) is 5.10 Å². The van der Waals surface area contributed by atoms with Crippen LogP contribution in [-0.2, 0) is 0 Å². The number of carbonyl (C=O) groups is 1. The van der Waals surface area contributed by atoms with Crippen LogP contribution in [0.4, 0.5) is 11.4 Å². The topological polar surface area (TPSA) is 102 Å². The van der Waals surface area contributed by atoms with Gasteiger partial charge >= 0.3 is 0 Å². The molecule has 0 atom stereocenters. The summed E-state index contributed by atoms with van der Waals surface area (Å²) in [7, 11) is 0. The van der Waals surface area contributed by atoms with Crippen molar-refractivity contribution in [3.05, 3.63) is 112 Å². The van der Waals surface area contributed by atoms with Crippen LogP contribution in [-0.4, -0.2) is 25.4 Å². The number of benzene rings is 4. The maximum atomic E-state index is 12.8. The molecule has 1 N–H and O–H groups in total. The molecular formula is C28H19N5O3. The van der Waals surface area contributed by atoms with Gasteiger partial charge in [0, 0.05) is 39.7 Å². The smallest absolute Gasteiger partial charge is 0.269 e. The number of non-ortho nitro benzene ring substituents is 1. The van der Waals surface area contributed by atoms with Gasteiger partial charge in [-0.3, -0.25) is 14.9 Å². The fourth-order valence-corrected chi connectivity index (χ4v) is 4.32. The predicted octanol–water partition coefficient (Wildman–Crippen LogP) is 6.17. The molecule has 8 heteroatoms. The molecule has 0 radical (unpaired) electrons. The second-order valence-electron chi connectivity index (χ2n) is 8.57. The Morgan fingerprint density at radius 1 is 0.917 bits per heavy atom. The largest absolute Gasteiger partial charge is 0.322 e. The SMILES string of the molecule is Cc1ccc(-c2nn3c4cc(NC(=O)c5ccc([N+](=O)[O-])cc5)ccc4nc3c3ccccc23)cc1. The summed E-state index contributed by atoms with van der Waals surface area (Å²) in [6.07, 6.45) is 0. The molecule has 8 nitrogen and oxygen atoms in total. The number of amides is 1. The average Bonchev–Trinajstić information content (AvgIpc) is 3.27. The summed E-state index contributed by atoms with van der Waals surface area (Å²) in [5, 5.41) is 20.7. The second kappa shape index (κ2) is 8.28. The monoisotopic (exact) mass is 473 g/mol. The first kappa shape index (κ1) is 21.4. The number of fused-ring (bicyclic) bond motifs is 5. The number of carbonyl (C=O) groups excluding carboxylic acids is 1. The van der Waals surface area contributed by atoms with Crippen molar-refractivity contribution in [1.82, 2.24) is 14.6 Å². The summed E-state index contributed by atoms with van der Waals surface area (Å²) in [6.45, 7) is 2.05. The summed E-state index contributed by atoms with van der Waals surface area (Å²) in [6, 6.07) is 27.2. The van der Waals surface area contributed by atoms with E-state index in [-0.39, 0.29) is 11.6 Å². The summed E-state index contributed by atoms with van der Waals surface area (Å²) >= 11 is 0. The molecule has 0 aliphatic carbocycles. The van der Waals surface area contributed by atoms with E-state index >= 15 is 0 Å². The highest BCUT2D eigenvalue weighted by atomic mass is 16.6. The minimum Gasteiger partial charge on any atom is -0.322 e. The standard InChI is InChI=1S/C28H19N5O3/c1-17-6-8-18(9-7-17)26-22-4-2-3-5-23(22)27-30-24-15-12-20(16-25(24)32(27)31-26)29-28(34)19-10-13-21(14-11-19)33(35)36/h2-16H,1H3,(H,29,34). The lowest BCUT2D eigenvalue weighted by atomic mass is 10.0. The van der Waals surface area contributed by atoms with E-state index in [2.05, 4.69) is 29.6 Å². The minimum absolute atomic E-state index is 0.0682. The number of hydrogen-bond donors (Lipinski definition) is 1. The van der Waals surface area contributed by atoms with Crippen LogP contribution < -0.4 is 5.32 Å². The zero-order chi connectivity index (χ0) is 24.8. The Balaban J connectivity index is 1.46. The lowest BCUT2D eigenvalue weighted by molar-refractivity contribution is -0.384. The second-order valence-corrected chi connectivity index (χ2v) is 8.57. The summed E-state index contributed by atoms with van der Waals surface area (Å²) in [4.78, 5) is 28.0. The molecule has 0 saturated carbocycles. The highest BCUT2D eigenvalue weighted by Gasteiger charge is 2.16. The Morgan fingerprint density at radius 2 is 1.64 bits per heavy atom. The first-order chi connectivity index (χ1) is 17.5. The van der Waals surface area contributed by atoms with E-state index in [1.807, 2.05) is 47.8 Å². The number of rotatable bonds is 4. The average molecular weight is 473 g/mol. The fourth-order valence-electron chi connectivity index (χ4n) is 4.32. The molecule has 6 aromatic rings. The van der Waals surface area contributed by atoms with Crippen LogP contribution in [0.15, 0.2) is 91.0 Å². The molecule has 0 aliphatic rings. The number of nitrogens with zero attached hydrogens (tertiary/aromatic N) is 4. The third-order valence-corrected chi connectivity index (χ3v) is 6.18. The third-order valence-electron chi connectivity index (χ3n) is 6.18. The van der Waals surface area contributed by atoms with Gasteiger partial charge in [-0.05, 0) is 37.3 Å². The predicted molar refractivity (Wildman–Crippen MR) is 139 cm³/mol. The van der Waals surface area contributed by atoms with Crippen LogP contribution in [0.3, 0.4) is 0 Å². The van der Waals surface area contributed by atoms with Gasteiger partial charge in [0.2, 0.25) is 0 Å². The zero-order valence-corrected chi connectivity index (χ0v) is 19.2. The van der Waals surface area contributed by atoms with Gasteiger partial charge in [-0.1, -0.05) is 54.1 Å². The summed E-state index contributed by atoms with van der Waals surface area (Å²) in [5.74, 6) is -0.364. The van der Waals surface area contributed by atoms with E-state index in [0.717, 1.165) is 38.7 Å². The molecule has 4 aromatic carbocycles. The maximum absolute atomic E-state index is 12.8. The molecule has 0 bridgehead atoms. The van der Waals surface area contributed by atoms with Gasteiger partial charge in [0.15, 0.2) is 5.65 Å². The van der Waals surface area contributed by atoms with Crippen molar-refractivity contribution in [2.45, 2.75) is 6.92 Å². The number of aryl methyl sites for hydroxylation is 1. The Kier molecular flexibility index (Phi) is 4.93. The first-order valence-corrected chi connectivity index (χ1v) is 11.3. The van der Waals surface area contributed by atoms with Crippen molar-refractivity contribution in [3.63, 3.8) is 0 Å². The number of nitro benzene ring substituents is 1. The number of anilines is 1. The zero-order valence-electron chi connectivity index (χ0n) is 19.2. The minimum atomic E-state index is -0.498. The van der Waals surface area contributed by atoms with Crippen molar-refractivity contribution in [2.75, 3.05) is 5.32 Å². The Labute approximate surface area is 205 Å². The van der Waals surface area contributed by atoms with E-state index in [4.69, 9.17) is 10.1 Å². The molecule has 2 heterocycles. The van der Waals surface area contributed by atoms with Gasteiger partial charge in [-0.15, -0.1) is 0 Å². The van der Waals surface area contributed by atoms with E-state index in [1.54, 1.807) is 6.07 Å². The van der Waals surface area contributed by atoms with Crippen LogP contribution in [0.2, 0.25) is 0 Å². The summed E-state index contributed by atoms with van der Waals surface area (Å²) < 4.78 is 1.81. The van der Waals surface area contributed by atoms with Crippen LogP contribution >= 0.6 is 0 Å². The van der Waals surface area contributed by atoms with Crippen molar-refractivity contribution in [2.24, 2.45) is 0 Å². The number of hydrogen-bond acceptors (Lipinski definition) is 5. The van der Waals surface area contributed by atoms with Gasteiger partial charge in [0.05, 0.1) is 21.7 Å². The molecule has 6 rings (SSSR count). The number of nitro groups is 1. The van der Waals surface area contributed by atoms with Crippen molar-refractivity contribution in [3.8, 4) is 11.3 Å². The van der Waals surface area contributed by atoms with Crippen LogP contribution in [0.5, 0.6) is 0 Å². The Morgan fingerprint density at radius 3 is 2.36 bits per heavy atom. The van der Waals surface area contributed by atoms with Gasteiger partial charge in [0.1, 0.15) is 0 Å². The molecule has 0 unspecified atom stereocenters. The molecule has 174 valence electrons. The first-order valence-electron chi connectivity index (χ1n) is 11.3. The number of nitrogens with one attached hydrogen (secondary N) is 1. The van der Waals surface area contributed by atoms with Crippen molar-refractivity contribution < 1.29 is 9.72 Å². The molecular weight excluding hydrogens is 454 g/mol. The van der Waals surface area contributed by atoms with Crippen LogP contribution in [0.25, 0.3) is 38.7 Å². The van der Waals surface area contributed by atoms with E-state index in [0.29, 0.717) is 11.3 Å². The van der Waals surface area contributed by atoms with Gasteiger partial charge in [-0.25, -0.2) is 9.50 Å². The Hall–Kier alpha value is -5.11. The molecule has 1 amide bonds. The highest BCUT2D eigenvalue weighted by Crippen LogP contribution is 2.31. The Bertz CT molecular complexity index is 1810. The number of imidazole rings is 1. The van der Waals surface area contributed by atoms with Gasteiger partial charge < -0.3 is 5.32 Å². The third kappa shape index (κ3) is 3.61. The molecule has 0 aliphatic heterocycles. The lowest BCUT2D eigenvalue weighted by Gasteiger charge is -2.09. The van der Waals surface area contributed by atoms with Crippen molar-refractivity contribution >= 4 is 44.7 Å².